The number of piperidine rings is 2. The van der Waals surface area contributed by atoms with Crippen LogP contribution in [0.3, 0.4) is 0 Å². The number of carbonyl (C=O) groups is 1. The summed E-state index contributed by atoms with van der Waals surface area (Å²) < 4.78 is 24.8. The number of amides is 1. The van der Waals surface area contributed by atoms with Gasteiger partial charge in [-0.1, -0.05) is 30.3 Å². The minimum atomic E-state index is -1.24. The lowest BCUT2D eigenvalue weighted by Gasteiger charge is -2.51. The molecule has 2 aliphatic rings. The van der Waals surface area contributed by atoms with Crippen molar-refractivity contribution in [1.29, 1.82) is 0 Å². The summed E-state index contributed by atoms with van der Waals surface area (Å²) in [6.07, 6.45) is 2.90. The highest BCUT2D eigenvalue weighted by molar-refractivity contribution is 5.69. The molecule has 6 heteroatoms. The van der Waals surface area contributed by atoms with Crippen molar-refractivity contribution in [3.63, 3.8) is 0 Å². The lowest BCUT2D eigenvalue weighted by atomic mass is 9.72. The Hall–Kier alpha value is -2.60. The Labute approximate surface area is 170 Å². The zero-order valence-corrected chi connectivity index (χ0v) is 16.5. The van der Waals surface area contributed by atoms with E-state index in [0.29, 0.717) is 24.2 Å². The van der Waals surface area contributed by atoms with E-state index in [1.165, 1.54) is 19.2 Å². The van der Waals surface area contributed by atoms with E-state index < -0.39 is 11.4 Å². The third-order valence-corrected chi connectivity index (χ3v) is 6.09. The zero-order chi connectivity index (χ0) is 20.4. The van der Waals surface area contributed by atoms with E-state index in [4.69, 9.17) is 9.47 Å². The number of rotatable bonds is 4. The van der Waals surface area contributed by atoms with Crippen molar-refractivity contribution < 1.29 is 23.8 Å². The van der Waals surface area contributed by atoms with Gasteiger partial charge in [0.2, 0.25) is 0 Å². The van der Waals surface area contributed by atoms with Gasteiger partial charge in [0.25, 0.3) is 0 Å². The van der Waals surface area contributed by atoms with E-state index in [9.17, 15) is 14.3 Å². The van der Waals surface area contributed by atoms with E-state index in [0.717, 1.165) is 24.8 Å². The van der Waals surface area contributed by atoms with Crippen LogP contribution in [-0.4, -0.2) is 35.3 Å². The van der Waals surface area contributed by atoms with Crippen molar-refractivity contribution in [3.05, 3.63) is 65.5 Å². The van der Waals surface area contributed by atoms with Crippen LogP contribution >= 0.6 is 0 Å². The molecule has 0 aromatic heterocycles. The van der Waals surface area contributed by atoms with Crippen LogP contribution in [0.15, 0.2) is 48.5 Å². The zero-order valence-electron chi connectivity index (χ0n) is 16.5. The highest BCUT2D eigenvalue weighted by atomic mass is 19.1. The summed E-state index contributed by atoms with van der Waals surface area (Å²) in [6, 6.07) is 13.5. The first-order chi connectivity index (χ1) is 14.0. The van der Waals surface area contributed by atoms with Gasteiger partial charge in [0.05, 0.1) is 12.7 Å². The molecule has 4 rings (SSSR count). The predicted molar refractivity (Wildman–Crippen MR) is 106 cm³/mol. The Kier molecular flexibility index (Phi) is 5.46. The van der Waals surface area contributed by atoms with Gasteiger partial charge in [0, 0.05) is 30.5 Å². The minimum Gasteiger partial charge on any atom is -0.496 e. The van der Waals surface area contributed by atoms with Crippen molar-refractivity contribution in [2.24, 2.45) is 0 Å². The predicted octanol–water partition coefficient (Wildman–Crippen LogP) is 4.38. The molecule has 5 nitrogen and oxygen atoms in total. The third kappa shape index (κ3) is 3.94. The second-order valence-electron chi connectivity index (χ2n) is 7.97. The molecule has 2 bridgehead atoms. The molecule has 2 unspecified atom stereocenters. The largest absolute Gasteiger partial charge is 0.496 e. The number of aliphatic hydroxyl groups is 1. The summed E-state index contributed by atoms with van der Waals surface area (Å²) >= 11 is 0. The normalized spacial score (nSPS) is 26.1. The monoisotopic (exact) mass is 399 g/mol. The summed E-state index contributed by atoms with van der Waals surface area (Å²) in [5.41, 5.74) is 0.151. The molecule has 2 heterocycles. The summed E-state index contributed by atoms with van der Waals surface area (Å²) in [4.78, 5) is 14.6. The van der Waals surface area contributed by atoms with Gasteiger partial charge in [-0.15, -0.1) is 0 Å². The number of fused-ring (bicyclic) bond motifs is 2. The maximum Gasteiger partial charge on any atom is 0.410 e. The highest BCUT2D eigenvalue weighted by Gasteiger charge is 2.49. The lowest BCUT2D eigenvalue weighted by Crippen LogP contribution is -2.59. The van der Waals surface area contributed by atoms with Crippen LogP contribution in [0.2, 0.25) is 0 Å². The van der Waals surface area contributed by atoms with Crippen molar-refractivity contribution in [1.82, 2.24) is 4.90 Å². The van der Waals surface area contributed by atoms with Gasteiger partial charge in [-0.2, -0.15) is 0 Å². The topological polar surface area (TPSA) is 59.0 Å². The Morgan fingerprint density at radius 3 is 2.52 bits per heavy atom. The van der Waals surface area contributed by atoms with Crippen LogP contribution < -0.4 is 4.74 Å². The van der Waals surface area contributed by atoms with E-state index in [1.807, 2.05) is 30.3 Å². The van der Waals surface area contributed by atoms with Crippen LogP contribution in [0.25, 0.3) is 0 Å². The number of ether oxygens (including phenoxy) is 2. The fourth-order valence-corrected chi connectivity index (χ4v) is 4.78. The first-order valence-corrected chi connectivity index (χ1v) is 10.1. The van der Waals surface area contributed by atoms with Gasteiger partial charge >= 0.3 is 6.09 Å². The molecule has 2 aliphatic heterocycles. The molecule has 0 aliphatic carbocycles. The number of nitrogens with zero attached hydrogens (tertiary/aromatic N) is 1. The van der Waals surface area contributed by atoms with Gasteiger partial charge in [0.1, 0.15) is 18.2 Å². The van der Waals surface area contributed by atoms with Gasteiger partial charge < -0.3 is 19.5 Å². The van der Waals surface area contributed by atoms with E-state index in [2.05, 4.69) is 0 Å². The van der Waals surface area contributed by atoms with Crippen LogP contribution in [-0.2, 0) is 16.9 Å². The molecule has 0 radical (unpaired) electrons. The van der Waals surface area contributed by atoms with Crippen LogP contribution in [0.1, 0.15) is 43.2 Å². The summed E-state index contributed by atoms with van der Waals surface area (Å²) in [7, 11) is 1.51. The number of carbonyl (C=O) groups excluding carboxylic acids is 1. The van der Waals surface area contributed by atoms with Crippen molar-refractivity contribution >= 4 is 6.09 Å². The van der Waals surface area contributed by atoms with Gasteiger partial charge in [0.15, 0.2) is 0 Å². The first-order valence-electron chi connectivity index (χ1n) is 10.1. The summed E-state index contributed by atoms with van der Waals surface area (Å²) in [5, 5.41) is 11.5. The van der Waals surface area contributed by atoms with E-state index in [-0.39, 0.29) is 24.8 Å². The second kappa shape index (κ2) is 8.03. The molecular weight excluding hydrogens is 373 g/mol. The second-order valence-corrected chi connectivity index (χ2v) is 7.97. The summed E-state index contributed by atoms with van der Waals surface area (Å²) in [5.74, 6) is 0.0520. The minimum absolute atomic E-state index is 0.149. The fraction of sp³-hybridized carbons (Fsp3) is 0.435. The molecule has 1 amide bonds. The maximum atomic E-state index is 13.9. The molecule has 2 fully saturated rings. The SMILES string of the molecule is COc1ccc(F)cc1C1(O)CC2CCCC(C1)N2C(=O)OCc1ccccc1. The maximum absolute atomic E-state index is 13.9. The molecule has 0 spiro atoms. The Morgan fingerprint density at radius 2 is 1.86 bits per heavy atom. The third-order valence-electron chi connectivity index (χ3n) is 6.09. The molecule has 154 valence electrons. The van der Waals surface area contributed by atoms with Crippen LogP contribution in [0.5, 0.6) is 5.75 Å². The molecular formula is C23H26FNO4. The molecule has 2 atom stereocenters. The molecule has 2 saturated heterocycles. The van der Waals surface area contributed by atoms with Gasteiger partial charge in [-0.3, -0.25) is 0 Å². The van der Waals surface area contributed by atoms with Crippen molar-refractivity contribution in [2.45, 2.75) is 56.4 Å². The Morgan fingerprint density at radius 1 is 1.17 bits per heavy atom. The summed E-state index contributed by atoms with van der Waals surface area (Å²) in [6.45, 7) is 0.220. The van der Waals surface area contributed by atoms with Crippen molar-refractivity contribution in [2.75, 3.05) is 7.11 Å². The smallest absolute Gasteiger partial charge is 0.410 e. The first kappa shape index (κ1) is 19.7. The average molecular weight is 399 g/mol. The molecule has 29 heavy (non-hydrogen) atoms. The fourth-order valence-electron chi connectivity index (χ4n) is 4.78. The number of methoxy groups -OCH3 is 1. The number of benzene rings is 2. The highest BCUT2D eigenvalue weighted by Crippen LogP contribution is 2.47. The number of halogens is 1. The average Bonchev–Trinajstić information content (AvgIpc) is 2.72. The van der Waals surface area contributed by atoms with Crippen LogP contribution in [0, 0.1) is 5.82 Å². The molecule has 0 saturated carbocycles. The lowest BCUT2D eigenvalue weighted by molar-refractivity contribution is -0.0905. The van der Waals surface area contributed by atoms with E-state index >= 15 is 0 Å². The number of hydrogen-bond donors (Lipinski definition) is 1. The van der Waals surface area contributed by atoms with Crippen LogP contribution in [0.4, 0.5) is 9.18 Å². The molecule has 2 aromatic rings. The molecule has 2 aromatic carbocycles. The quantitative estimate of drug-likeness (QED) is 0.829. The van der Waals surface area contributed by atoms with Gasteiger partial charge in [-0.05, 0) is 43.0 Å². The molecule has 1 N–H and O–H groups in total. The standard InChI is InChI=1S/C23H26FNO4/c1-28-21-11-10-17(24)12-20(21)23(27)13-18-8-5-9-19(14-23)25(18)22(26)29-15-16-6-3-2-4-7-16/h2-4,6-7,10-12,18-19,27H,5,8-9,13-15H2,1H3. The Balaban J connectivity index is 1.53. The van der Waals surface area contributed by atoms with Gasteiger partial charge in [-0.25, -0.2) is 9.18 Å². The Bertz CT molecular complexity index is 858. The van der Waals surface area contributed by atoms with E-state index in [1.54, 1.807) is 11.0 Å². The number of hydrogen-bond acceptors (Lipinski definition) is 4. The van der Waals surface area contributed by atoms with Crippen molar-refractivity contribution in [3.8, 4) is 5.75 Å².